The Bertz CT molecular complexity index is 605. The fourth-order valence-electron chi connectivity index (χ4n) is 2.47. The topological polar surface area (TPSA) is 76.1 Å². The molecule has 1 aromatic rings. The average molecular weight is 321 g/mol. The normalized spacial score (nSPS) is 17.9. The molecule has 1 saturated heterocycles. The van der Waals surface area contributed by atoms with Gasteiger partial charge in [-0.2, -0.15) is 0 Å². The summed E-state index contributed by atoms with van der Waals surface area (Å²) in [4.78, 5) is 24.8. The third-order valence-electron chi connectivity index (χ3n) is 3.60. The lowest BCUT2D eigenvalue weighted by atomic mass is 10.1. The van der Waals surface area contributed by atoms with Crippen LogP contribution in [-0.2, 0) is 4.74 Å². The van der Waals surface area contributed by atoms with E-state index in [9.17, 15) is 9.59 Å². The van der Waals surface area contributed by atoms with E-state index in [1.54, 1.807) is 30.0 Å². The van der Waals surface area contributed by atoms with E-state index in [2.05, 4.69) is 0 Å². The van der Waals surface area contributed by atoms with Crippen LogP contribution in [-0.4, -0.2) is 46.9 Å². The van der Waals surface area contributed by atoms with Crippen LogP contribution in [0.2, 0.25) is 0 Å². The molecule has 1 amide bonds. The van der Waals surface area contributed by atoms with E-state index >= 15 is 0 Å². The van der Waals surface area contributed by atoms with Crippen molar-refractivity contribution < 1.29 is 24.2 Å². The number of carbonyl (C=O) groups excluding carboxylic acids is 1. The quantitative estimate of drug-likeness (QED) is 0.926. The number of benzene rings is 1. The fraction of sp³-hybridized carbons (Fsp3) is 0.529. The van der Waals surface area contributed by atoms with Gasteiger partial charge in [0.2, 0.25) is 0 Å². The molecule has 126 valence electrons. The van der Waals surface area contributed by atoms with Gasteiger partial charge in [0.25, 0.3) is 0 Å². The van der Waals surface area contributed by atoms with Crippen LogP contribution in [0.1, 0.15) is 43.1 Å². The van der Waals surface area contributed by atoms with Gasteiger partial charge in [-0.05, 0) is 39.8 Å². The van der Waals surface area contributed by atoms with Crippen LogP contribution in [0.3, 0.4) is 0 Å². The first-order valence-electron chi connectivity index (χ1n) is 7.65. The van der Waals surface area contributed by atoms with Gasteiger partial charge < -0.3 is 19.5 Å². The molecule has 1 aliphatic heterocycles. The van der Waals surface area contributed by atoms with E-state index in [1.165, 1.54) is 0 Å². The van der Waals surface area contributed by atoms with Crippen LogP contribution in [0.15, 0.2) is 18.2 Å². The van der Waals surface area contributed by atoms with Crippen molar-refractivity contribution in [3.63, 3.8) is 0 Å². The zero-order valence-electron chi connectivity index (χ0n) is 14.0. The van der Waals surface area contributed by atoms with Gasteiger partial charge in [-0.1, -0.05) is 6.07 Å². The van der Waals surface area contributed by atoms with Crippen molar-refractivity contribution in [1.82, 2.24) is 4.90 Å². The number of carbonyl (C=O) groups is 2. The number of amides is 1. The lowest BCUT2D eigenvalue weighted by Gasteiger charge is -2.24. The van der Waals surface area contributed by atoms with Crippen molar-refractivity contribution in [3.05, 3.63) is 29.3 Å². The van der Waals surface area contributed by atoms with Gasteiger partial charge in [0.15, 0.2) is 0 Å². The molecule has 23 heavy (non-hydrogen) atoms. The average Bonchev–Trinajstić information content (AvgIpc) is 2.87. The zero-order chi connectivity index (χ0) is 17.2. The number of nitrogens with zero attached hydrogens (tertiary/aromatic N) is 1. The summed E-state index contributed by atoms with van der Waals surface area (Å²) in [5.74, 6) is -0.435. The number of ether oxygens (including phenoxy) is 2. The lowest BCUT2D eigenvalue weighted by Crippen LogP contribution is -2.36. The molecule has 6 nitrogen and oxygen atoms in total. The zero-order valence-corrected chi connectivity index (χ0v) is 14.0. The predicted octanol–water partition coefficient (Wildman–Crippen LogP) is 3.08. The molecule has 0 aliphatic carbocycles. The first-order valence-corrected chi connectivity index (χ1v) is 7.65. The largest absolute Gasteiger partial charge is 0.488 e. The summed E-state index contributed by atoms with van der Waals surface area (Å²) in [6.45, 7) is 8.21. The van der Waals surface area contributed by atoms with Crippen molar-refractivity contribution >= 4 is 12.1 Å². The maximum Gasteiger partial charge on any atom is 0.410 e. The van der Waals surface area contributed by atoms with E-state index in [4.69, 9.17) is 14.6 Å². The lowest BCUT2D eigenvalue weighted by molar-refractivity contribution is 0.0275. The predicted molar refractivity (Wildman–Crippen MR) is 85.0 cm³/mol. The number of carboxylic acid groups (broad SMARTS) is 1. The summed E-state index contributed by atoms with van der Waals surface area (Å²) >= 11 is 0. The summed E-state index contributed by atoms with van der Waals surface area (Å²) in [5, 5.41) is 9.15. The molecule has 1 aliphatic rings. The number of carboxylic acids is 1. The molecule has 0 bridgehead atoms. The highest BCUT2D eigenvalue weighted by Gasteiger charge is 2.31. The summed E-state index contributed by atoms with van der Waals surface area (Å²) in [5.41, 5.74) is 0.294. The molecule has 1 atom stereocenters. The van der Waals surface area contributed by atoms with Crippen LogP contribution >= 0.6 is 0 Å². The van der Waals surface area contributed by atoms with E-state index < -0.39 is 11.6 Å². The summed E-state index contributed by atoms with van der Waals surface area (Å²) in [6, 6.07) is 4.95. The maximum atomic E-state index is 12.0. The number of rotatable bonds is 3. The van der Waals surface area contributed by atoms with Crippen LogP contribution in [0.4, 0.5) is 4.79 Å². The SMILES string of the molecule is Cc1c(O[C@H]2CCN(C(=O)OC(C)(C)C)C2)cccc1C(=O)O. The van der Waals surface area contributed by atoms with Crippen molar-refractivity contribution in [3.8, 4) is 5.75 Å². The van der Waals surface area contributed by atoms with Crippen LogP contribution < -0.4 is 4.74 Å². The molecule has 2 rings (SSSR count). The van der Waals surface area contributed by atoms with E-state index in [0.717, 1.165) is 0 Å². The van der Waals surface area contributed by atoms with Gasteiger partial charge in [-0.25, -0.2) is 9.59 Å². The highest BCUT2D eigenvalue weighted by atomic mass is 16.6. The second kappa shape index (κ2) is 6.48. The molecule has 0 aromatic heterocycles. The monoisotopic (exact) mass is 321 g/mol. The minimum atomic E-state index is -0.977. The Kier molecular flexibility index (Phi) is 4.82. The molecule has 0 spiro atoms. The number of aromatic carboxylic acids is 1. The van der Waals surface area contributed by atoms with Gasteiger partial charge in [-0.15, -0.1) is 0 Å². The van der Waals surface area contributed by atoms with Crippen LogP contribution in [0, 0.1) is 6.92 Å². The Morgan fingerprint density at radius 1 is 1.30 bits per heavy atom. The summed E-state index contributed by atoms with van der Waals surface area (Å²) in [7, 11) is 0. The molecular formula is C17H23NO5. The Morgan fingerprint density at radius 3 is 2.61 bits per heavy atom. The Hall–Kier alpha value is -2.24. The van der Waals surface area contributed by atoms with E-state index in [1.807, 2.05) is 20.8 Å². The van der Waals surface area contributed by atoms with Crippen LogP contribution in [0.25, 0.3) is 0 Å². The van der Waals surface area contributed by atoms with Gasteiger partial charge >= 0.3 is 12.1 Å². The minimum Gasteiger partial charge on any atom is -0.488 e. The summed E-state index contributed by atoms with van der Waals surface area (Å²) < 4.78 is 11.2. The van der Waals surface area contributed by atoms with Gasteiger partial charge in [0.05, 0.1) is 12.1 Å². The van der Waals surface area contributed by atoms with Crippen LogP contribution in [0.5, 0.6) is 5.75 Å². The second-order valence-electron chi connectivity index (χ2n) is 6.69. The summed E-state index contributed by atoms with van der Waals surface area (Å²) in [6.07, 6.45) is 0.181. The Morgan fingerprint density at radius 2 is 2.00 bits per heavy atom. The number of hydrogen-bond donors (Lipinski definition) is 1. The van der Waals surface area contributed by atoms with E-state index in [0.29, 0.717) is 30.8 Å². The fourth-order valence-corrected chi connectivity index (χ4v) is 2.47. The van der Waals surface area contributed by atoms with Crippen molar-refractivity contribution in [2.24, 2.45) is 0 Å². The minimum absolute atomic E-state index is 0.162. The third-order valence-corrected chi connectivity index (χ3v) is 3.60. The highest BCUT2D eigenvalue weighted by molar-refractivity contribution is 5.90. The Labute approximate surface area is 136 Å². The van der Waals surface area contributed by atoms with Crippen molar-refractivity contribution in [2.45, 2.75) is 45.8 Å². The highest BCUT2D eigenvalue weighted by Crippen LogP contribution is 2.25. The molecule has 1 N–H and O–H groups in total. The molecular weight excluding hydrogens is 298 g/mol. The maximum absolute atomic E-state index is 12.0. The van der Waals surface area contributed by atoms with E-state index in [-0.39, 0.29) is 17.8 Å². The number of hydrogen-bond acceptors (Lipinski definition) is 4. The molecule has 0 saturated carbocycles. The second-order valence-corrected chi connectivity index (χ2v) is 6.69. The van der Waals surface area contributed by atoms with Gasteiger partial charge in [0, 0.05) is 18.5 Å². The van der Waals surface area contributed by atoms with Crippen molar-refractivity contribution in [2.75, 3.05) is 13.1 Å². The molecule has 1 fully saturated rings. The third kappa shape index (κ3) is 4.37. The van der Waals surface area contributed by atoms with Crippen molar-refractivity contribution in [1.29, 1.82) is 0 Å². The molecule has 0 unspecified atom stereocenters. The Balaban J connectivity index is 2.00. The molecule has 1 aromatic carbocycles. The standard InChI is InChI=1S/C17H23NO5/c1-11-13(15(19)20)6-5-7-14(11)22-12-8-9-18(10-12)16(21)23-17(2,3)4/h5-7,12H,8-10H2,1-4H3,(H,19,20)/t12-/m0/s1. The molecule has 6 heteroatoms. The number of likely N-dealkylation sites (tertiary alicyclic amines) is 1. The van der Waals surface area contributed by atoms with Gasteiger partial charge in [-0.3, -0.25) is 0 Å². The molecule has 1 heterocycles. The smallest absolute Gasteiger partial charge is 0.410 e. The first-order chi connectivity index (χ1) is 10.7. The van der Waals surface area contributed by atoms with Gasteiger partial charge in [0.1, 0.15) is 17.5 Å². The first kappa shape index (κ1) is 17.1. The molecule has 0 radical (unpaired) electrons.